The highest BCUT2D eigenvalue weighted by atomic mass is 35.5. The van der Waals surface area contributed by atoms with Crippen LogP contribution in [0.2, 0.25) is 10.4 Å². The van der Waals surface area contributed by atoms with Crippen molar-refractivity contribution < 1.29 is 13.9 Å². The van der Waals surface area contributed by atoms with Crippen molar-refractivity contribution in [2.75, 3.05) is 12.0 Å². The van der Waals surface area contributed by atoms with Crippen molar-refractivity contribution >= 4 is 40.6 Å². The summed E-state index contributed by atoms with van der Waals surface area (Å²) in [5.41, 5.74) is -0.118. The minimum absolute atomic E-state index is 0.0784. The summed E-state index contributed by atoms with van der Waals surface area (Å²) in [7, 11) is 1.39. The zero-order valence-corrected chi connectivity index (χ0v) is 14.0. The lowest BCUT2D eigenvalue weighted by atomic mass is 9.88. The number of anilines is 2. The molecule has 0 spiro atoms. The summed E-state index contributed by atoms with van der Waals surface area (Å²) in [6, 6.07) is 3.87. The van der Waals surface area contributed by atoms with Gasteiger partial charge in [0.2, 0.25) is 11.2 Å². The van der Waals surface area contributed by atoms with Gasteiger partial charge in [-0.05, 0) is 37.6 Å². The Labute approximate surface area is 142 Å². The number of nitrogens with zero attached hydrogens (tertiary/aromatic N) is 3. The number of aromatic nitrogens is 2. The Kier molecular flexibility index (Phi) is 3.69. The molecule has 0 aliphatic carbocycles. The third-order valence-corrected chi connectivity index (χ3v) is 4.22. The molecule has 120 valence electrons. The lowest BCUT2D eigenvalue weighted by Gasteiger charge is -2.21. The molecular formula is C15H12Cl2FN3O2. The van der Waals surface area contributed by atoms with Gasteiger partial charge in [-0.25, -0.2) is 9.37 Å². The largest absolute Gasteiger partial charge is 0.494 e. The predicted molar refractivity (Wildman–Crippen MR) is 85.2 cm³/mol. The molecule has 0 N–H and O–H groups in total. The van der Waals surface area contributed by atoms with Crippen molar-refractivity contribution in [1.29, 1.82) is 0 Å². The van der Waals surface area contributed by atoms with Crippen LogP contribution in [0.3, 0.4) is 0 Å². The van der Waals surface area contributed by atoms with Gasteiger partial charge < -0.3 is 4.74 Å². The predicted octanol–water partition coefficient (Wildman–Crippen LogP) is 3.89. The molecule has 0 atom stereocenters. The van der Waals surface area contributed by atoms with Crippen molar-refractivity contribution in [3.05, 3.63) is 40.0 Å². The maximum Gasteiger partial charge on any atom is 0.243 e. The highest BCUT2D eigenvalue weighted by Crippen LogP contribution is 2.49. The number of carbonyl (C=O) groups excluding carboxylic acids is 1. The second-order valence-electron chi connectivity index (χ2n) is 5.56. The molecule has 5 nitrogen and oxygen atoms in total. The van der Waals surface area contributed by atoms with E-state index in [0.717, 1.165) is 0 Å². The van der Waals surface area contributed by atoms with Crippen molar-refractivity contribution in [2.45, 2.75) is 19.3 Å². The normalized spacial score (nSPS) is 15.7. The van der Waals surface area contributed by atoms with Crippen LogP contribution in [-0.4, -0.2) is 23.0 Å². The Hall–Kier alpha value is -1.92. The zero-order valence-electron chi connectivity index (χ0n) is 12.5. The minimum atomic E-state index is -0.948. The molecule has 0 bridgehead atoms. The van der Waals surface area contributed by atoms with Gasteiger partial charge in [0.1, 0.15) is 16.7 Å². The highest BCUT2D eigenvalue weighted by molar-refractivity contribution is 6.34. The van der Waals surface area contributed by atoms with Crippen molar-refractivity contribution in [2.24, 2.45) is 0 Å². The lowest BCUT2D eigenvalue weighted by Crippen LogP contribution is -2.33. The van der Waals surface area contributed by atoms with Gasteiger partial charge in [0, 0.05) is 11.6 Å². The second-order valence-corrected chi connectivity index (χ2v) is 6.26. The standard InChI is InChI=1S/C15H12Cl2FN3O2/c1-15(2)10-11(16)19-14(17)20-12(10)21(13(15)22)8-5-4-7(18)6-9(8)23-3/h4-6H,1-3H3. The molecular weight excluding hydrogens is 344 g/mol. The van der Waals surface area contributed by atoms with E-state index < -0.39 is 11.2 Å². The number of carbonyl (C=O) groups is 1. The number of rotatable bonds is 2. The number of ether oxygens (including phenoxy) is 1. The quantitative estimate of drug-likeness (QED) is 0.605. The average molecular weight is 356 g/mol. The van der Waals surface area contributed by atoms with Crippen LogP contribution in [0.4, 0.5) is 15.9 Å². The lowest BCUT2D eigenvalue weighted by molar-refractivity contribution is -0.121. The number of benzene rings is 1. The average Bonchev–Trinajstić information content (AvgIpc) is 2.66. The smallest absolute Gasteiger partial charge is 0.243 e. The number of fused-ring (bicyclic) bond motifs is 1. The van der Waals surface area contributed by atoms with E-state index in [-0.39, 0.29) is 27.9 Å². The third-order valence-electron chi connectivity index (χ3n) is 3.78. The zero-order chi connectivity index (χ0) is 16.9. The SMILES string of the molecule is COc1cc(F)ccc1N1C(=O)C(C)(C)c2c(Cl)nc(Cl)nc21. The summed E-state index contributed by atoms with van der Waals surface area (Å²) in [5, 5.41) is 0.0345. The molecule has 0 radical (unpaired) electrons. The number of hydrogen-bond donors (Lipinski definition) is 0. The molecule has 1 aromatic carbocycles. The molecule has 0 saturated heterocycles. The second kappa shape index (κ2) is 5.32. The number of hydrogen-bond acceptors (Lipinski definition) is 4. The van der Waals surface area contributed by atoms with Crippen LogP contribution in [0.1, 0.15) is 19.4 Å². The summed E-state index contributed by atoms with van der Waals surface area (Å²) in [6.07, 6.45) is 0. The minimum Gasteiger partial charge on any atom is -0.494 e. The Balaban J connectivity index is 2.29. The van der Waals surface area contributed by atoms with Gasteiger partial charge in [0.15, 0.2) is 5.82 Å². The van der Waals surface area contributed by atoms with Crippen LogP contribution in [0.15, 0.2) is 18.2 Å². The van der Waals surface area contributed by atoms with E-state index in [9.17, 15) is 9.18 Å². The molecule has 0 fully saturated rings. The van der Waals surface area contributed by atoms with Crippen molar-refractivity contribution in [1.82, 2.24) is 9.97 Å². The van der Waals surface area contributed by atoms with Crippen LogP contribution in [0.5, 0.6) is 5.75 Å². The van der Waals surface area contributed by atoms with Crippen LogP contribution in [0, 0.1) is 5.82 Å². The fraction of sp³-hybridized carbons (Fsp3) is 0.267. The van der Waals surface area contributed by atoms with Crippen molar-refractivity contribution in [3.8, 4) is 5.75 Å². The molecule has 2 aromatic rings. The maximum atomic E-state index is 13.4. The maximum absolute atomic E-state index is 13.4. The molecule has 1 aromatic heterocycles. The molecule has 0 unspecified atom stereocenters. The summed E-state index contributed by atoms with van der Waals surface area (Å²) >= 11 is 12.1. The number of amides is 1. The summed E-state index contributed by atoms with van der Waals surface area (Å²) < 4.78 is 18.6. The topological polar surface area (TPSA) is 55.3 Å². The fourth-order valence-electron chi connectivity index (χ4n) is 2.64. The van der Waals surface area contributed by atoms with Gasteiger partial charge in [-0.3, -0.25) is 9.69 Å². The van der Waals surface area contributed by atoms with Gasteiger partial charge in [-0.15, -0.1) is 0 Å². The molecule has 0 saturated carbocycles. The van der Waals surface area contributed by atoms with Gasteiger partial charge in [0.05, 0.1) is 18.2 Å². The Morgan fingerprint density at radius 1 is 1.26 bits per heavy atom. The van der Waals surface area contributed by atoms with E-state index in [1.54, 1.807) is 13.8 Å². The van der Waals surface area contributed by atoms with Crippen molar-refractivity contribution in [3.63, 3.8) is 0 Å². The van der Waals surface area contributed by atoms with Crippen LogP contribution in [0.25, 0.3) is 0 Å². The molecule has 8 heteroatoms. The summed E-state index contributed by atoms with van der Waals surface area (Å²) in [5.74, 6) is -0.283. The first-order valence-corrected chi connectivity index (χ1v) is 7.44. The highest BCUT2D eigenvalue weighted by Gasteiger charge is 2.48. The summed E-state index contributed by atoms with van der Waals surface area (Å²) in [4.78, 5) is 22.3. The van der Waals surface area contributed by atoms with Crippen LogP contribution >= 0.6 is 23.2 Å². The van der Waals surface area contributed by atoms with Gasteiger partial charge >= 0.3 is 0 Å². The first-order valence-electron chi connectivity index (χ1n) is 6.69. The fourth-order valence-corrected chi connectivity index (χ4v) is 3.25. The third kappa shape index (κ3) is 2.33. The van der Waals surface area contributed by atoms with Crippen LogP contribution < -0.4 is 9.64 Å². The molecule has 1 aliphatic heterocycles. The van der Waals surface area contributed by atoms with E-state index in [2.05, 4.69) is 9.97 Å². The first kappa shape index (κ1) is 16.0. The summed E-state index contributed by atoms with van der Waals surface area (Å²) in [6.45, 7) is 3.43. The van der Waals surface area contributed by atoms with E-state index in [1.165, 1.54) is 30.2 Å². The van der Waals surface area contributed by atoms with E-state index >= 15 is 0 Å². The van der Waals surface area contributed by atoms with E-state index in [0.29, 0.717) is 11.3 Å². The van der Waals surface area contributed by atoms with Gasteiger partial charge in [-0.2, -0.15) is 4.98 Å². The van der Waals surface area contributed by atoms with E-state index in [4.69, 9.17) is 27.9 Å². The molecule has 1 aliphatic rings. The first-order chi connectivity index (χ1) is 10.8. The Bertz CT molecular complexity index is 827. The molecule has 1 amide bonds. The molecule has 23 heavy (non-hydrogen) atoms. The van der Waals surface area contributed by atoms with Gasteiger partial charge in [-0.1, -0.05) is 11.6 Å². The number of methoxy groups -OCH3 is 1. The Morgan fingerprint density at radius 3 is 2.61 bits per heavy atom. The molecule has 2 heterocycles. The molecule has 3 rings (SSSR count). The monoisotopic (exact) mass is 355 g/mol. The van der Waals surface area contributed by atoms with Gasteiger partial charge in [0.25, 0.3) is 0 Å². The van der Waals surface area contributed by atoms with E-state index in [1.807, 2.05) is 0 Å². The Morgan fingerprint density at radius 2 is 1.96 bits per heavy atom. The number of halogens is 3. The van der Waals surface area contributed by atoms with Crippen LogP contribution in [-0.2, 0) is 10.2 Å².